The summed E-state index contributed by atoms with van der Waals surface area (Å²) < 4.78 is 0. The van der Waals surface area contributed by atoms with Gasteiger partial charge in [0.05, 0.1) is 0 Å². The molecule has 0 spiro atoms. The molecule has 5 rings (SSSR count). The molecule has 0 bridgehead atoms. The van der Waals surface area contributed by atoms with Crippen LogP contribution in [0.1, 0.15) is 11.1 Å². The van der Waals surface area contributed by atoms with Gasteiger partial charge in [0.15, 0.2) is 0 Å². The van der Waals surface area contributed by atoms with Gasteiger partial charge in [-0.05, 0) is 68.4 Å². The summed E-state index contributed by atoms with van der Waals surface area (Å²) in [5.74, 6) is 0. The quantitative estimate of drug-likeness (QED) is 0.296. The van der Waals surface area contributed by atoms with Gasteiger partial charge in [0, 0.05) is 0 Å². The van der Waals surface area contributed by atoms with Crippen LogP contribution in [0.25, 0.3) is 43.4 Å². The minimum atomic E-state index is 1.32. The van der Waals surface area contributed by atoms with Crippen molar-refractivity contribution in [2.75, 3.05) is 0 Å². The normalized spacial score (nSPS) is 11.8. The largest absolute Gasteiger partial charge is 0.0614 e. The van der Waals surface area contributed by atoms with E-state index in [0.29, 0.717) is 0 Å². The first-order valence-electron chi connectivity index (χ1n) is 8.47. The van der Waals surface area contributed by atoms with Crippen LogP contribution >= 0.6 is 0 Å². The lowest BCUT2D eigenvalue weighted by Crippen LogP contribution is -1.90. The molecule has 0 aliphatic heterocycles. The summed E-state index contributed by atoms with van der Waals surface area (Å²) in [5.41, 5.74) is 5.39. The minimum Gasteiger partial charge on any atom is -0.0614 e. The fraction of sp³-hybridized carbons (Fsp3) is 0.0833. The highest BCUT2D eigenvalue weighted by atomic mass is 14.2. The van der Waals surface area contributed by atoms with Crippen LogP contribution in [0, 0.1) is 13.8 Å². The zero-order valence-electron chi connectivity index (χ0n) is 13.9. The van der Waals surface area contributed by atoms with Crippen LogP contribution in [0.4, 0.5) is 0 Å². The molecule has 114 valence electrons. The molecule has 0 radical (unpaired) electrons. The standard InChI is InChI=1S/C24H18/c1-15-5-3-8-20(16(15)2)21-13-11-19-10-9-17-6-4-7-18-12-14-22(21)24(19)23(17)18/h3-14H,1-2H3. The average Bonchev–Trinajstić information content (AvgIpc) is 2.62. The van der Waals surface area contributed by atoms with E-state index in [9.17, 15) is 0 Å². The highest BCUT2D eigenvalue weighted by Gasteiger charge is 2.13. The molecule has 0 fully saturated rings. The molecule has 5 aromatic carbocycles. The van der Waals surface area contributed by atoms with Gasteiger partial charge in [0.1, 0.15) is 0 Å². The topological polar surface area (TPSA) is 0 Å². The first kappa shape index (κ1) is 13.6. The molecule has 5 aromatic rings. The van der Waals surface area contributed by atoms with Crippen LogP contribution in [-0.4, -0.2) is 0 Å². The van der Waals surface area contributed by atoms with Crippen LogP contribution in [0.2, 0.25) is 0 Å². The van der Waals surface area contributed by atoms with E-state index in [1.54, 1.807) is 0 Å². The molecule has 0 nitrogen and oxygen atoms in total. The zero-order chi connectivity index (χ0) is 16.3. The summed E-state index contributed by atoms with van der Waals surface area (Å²) in [6.45, 7) is 4.41. The lowest BCUT2D eigenvalue weighted by atomic mass is 9.88. The van der Waals surface area contributed by atoms with E-state index >= 15 is 0 Å². The molecule has 24 heavy (non-hydrogen) atoms. The number of aryl methyl sites for hydroxylation is 1. The van der Waals surface area contributed by atoms with Crippen LogP contribution in [0.3, 0.4) is 0 Å². The Morgan fingerprint density at radius 1 is 0.500 bits per heavy atom. The van der Waals surface area contributed by atoms with Crippen molar-refractivity contribution in [3.05, 3.63) is 83.9 Å². The molecule has 0 saturated heterocycles. The Labute approximate surface area is 141 Å². The SMILES string of the molecule is Cc1cccc(-c2ccc3ccc4cccc5ccc2c3c45)c1C. The summed E-state index contributed by atoms with van der Waals surface area (Å²) in [4.78, 5) is 0. The fourth-order valence-corrected chi connectivity index (χ4v) is 4.01. The summed E-state index contributed by atoms with van der Waals surface area (Å²) in [7, 11) is 0. The first-order chi connectivity index (χ1) is 11.7. The predicted octanol–water partition coefficient (Wildman–Crippen LogP) is 6.87. The molecule has 0 unspecified atom stereocenters. The van der Waals surface area contributed by atoms with Crippen molar-refractivity contribution in [3.63, 3.8) is 0 Å². The lowest BCUT2D eigenvalue weighted by molar-refractivity contribution is 1.34. The van der Waals surface area contributed by atoms with Gasteiger partial charge in [-0.1, -0.05) is 72.8 Å². The fourth-order valence-electron chi connectivity index (χ4n) is 4.01. The van der Waals surface area contributed by atoms with Crippen molar-refractivity contribution in [1.82, 2.24) is 0 Å². The smallest absolute Gasteiger partial charge is 0.00206 e. The van der Waals surface area contributed by atoms with Gasteiger partial charge in [-0.3, -0.25) is 0 Å². The molecule has 0 saturated carbocycles. The lowest BCUT2D eigenvalue weighted by Gasteiger charge is -2.16. The van der Waals surface area contributed by atoms with Gasteiger partial charge < -0.3 is 0 Å². The van der Waals surface area contributed by atoms with Crippen LogP contribution in [0.15, 0.2) is 72.8 Å². The Balaban J connectivity index is 1.99. The van der Waals surface area contributed by atoms with E-state index in [4.69, 9.17) is 0 Å². The van der Waals surface area contributed by atoms with Gasteiger partial charge in [0.25, 0.3) is 0 Å². The summed E-state index contributed by atoms with van der Waals surface area (Å²) in [6, 6.07) is 26.8. The molecule has 0 aliphatic rings. The molecule has 0 atom stereocenters. The monoisotopic (exact) mass is 306 g/mol. The van der Waals surface area contributed by atoms with Gasteiger partial charge >= 0.3 is 0 Å². The Bertz CT molecular complexity index is 1200. The number of hydrogen-bond donors (Lipinski definition) is 0. The van der Waals surface area contributed by atoms with Gasteiger partial charge in [-0.15, -0.1) is 0 Å². The zero-order valence-corrected chi connectivity index (χ0v) is 13.9. The number of rotatable bonds is 1. The maximum absolute atomic E-state index is 2.29. The maximum Gasteiger partial charge on any atom is -0.00206 e. The molecule has 0 aromatic heterocycles. The Morgan fingerprint density at radius 2 is 1.12 bits per heavy atom. The number of benzene rings is 5. The maximum atomic E-state index is 2.29. The van der Waals surface area contributed by atoms with Crippen molar-refractivity contribution in [2.24, 2.45) is 0 Å². The molecular formula is C24H18. The summed E-state index contributed by atoms with van der Waals surface area (Å²) >= 11 is 0. The number of hydrogen-bond acceptors (Lipinski definition) is 0. The van der Waals surface area contributed by atoms with Crippen molar-refractivity contribution < 1.29 is 0 Å². The van der Waals surface area contributed by atoms with Gasteiger partial charge in [-0.2, -0.15) is 0 Å². The van der Waals surface area contributed by atoms with Crippen LogP contribution in [-0.2, 0) is 0 Å². The Morgan fingerprint density at radius 3 is 1.92 bits per heavy atom. The van der Waals surface area contributed by atoms with Gasteiger partial charge in [-0.25, -0.2) is 0 Å². The third-order valence-corrected chi connectivity index (χ3v) is 5.42. The highest BCUT2D eigenvalue weighted by molar-refractivity contribution is 6.25. The molecule has 0 amide bonds. The van der Waals surface area contributed by atoms with E-state index < -0.39 is 0 Å². The van der Waals surface area contributed by atoms with E-state index in [1.165, 1.54) is 54.6 Å². The average molecular weight is 306 g/mol. The van der Waals surface area contributed by atoms with E-state index in [-0.39, 0.29) is 0 Å². The van der Waals surface area contributed by atoms with Crippen molar-refractivity contribution >= 4 is 32.3 Å². The van der Waals surface area contributed by atoms with E-state index in [1.807, 2.05) is 0 Å². The third kappa shape index (κ3) is 1.74. The van der Waals surface area contributed by atoms with Crippen molar-refractivity contribution in [1.29, 1.82) is 0 Å². The molecular weight excluding hydrogens is 288 g/mol. The molecule has 0 N–H and O–H groups in total. The van der Waals surface area contributed by atoms with E-state index in [2.05, 4.69) is 86.6 Å². The second kappa shape index (κ2) is 4.82. The second-order valence-corrected chi connectivity index (χ2v) is 6.72. The van der Waals surface area contributed by atoms with Crippen LogP contribution in [0.5, 0.6) is 0 Å². The van der Waals surface area contributed by atoms with Crippen LogP contribution < -0.4 is 0 Å². The van der Waals surface area contributed by atoms with Crippen molar-refractivity contribution in [2.45, 2.75) is 13.8 Å². The Kier molecular flexibility index (Phi) is 2.72. The molecule has 0 aliphatic carbocycles. The highest BCUT2D eigenvalue weighted by Crippen LogP contribution is 2.40. The summed E-state index contributed by atoms with van der Waals surface area (Å²) in [6.07, 6.45) is 0. The Hall–Kier alpha value is -2.86. The van der Waals surface area contributed by atoms with E-state index in [0.717, 1.165) is 0 Å². The van der Waals surface area contributed by atoms with Gasteiger partial charge in [0.2, 0.25) is 0 Å². The molecule has 0 heterocycles. The molecule has 0 heteroatoms. The summed E-state index contributed by atoms with van der Waals surface area (Å²) in [5, 5.41) is 8.10. The predicted molar refractivity (Wildman–Crippen MR) is 105 cm³/mol. The first-order valence-corrected chi connectivity index (χ1v) is 8.47. The van der Waals surface area contributed by atoms with Crippen molar-refractivity contribution in [3.8, 4) is 11.1 Å². The third-order valence-electron chi connectivity index (χ3n) is 5.42. The minimum absolute atomic E-state index is 1.32. The second-order valence-electron chi connectivity index (χ2n) is 6.72.